The van der Waals surface area contributed by atoms with Gasteiger partial charge in [0.1, 0.15) is 6.04 Å². The van der Waals surface area contributed by atoms with Gasteiger partial charge in [0.05, 0.1) is 0 Å². The molecule has 0 heterocycles. The molecule has 6 heteroatoms. The van der Waals surface area contributed by atoms with E-state index in [1.54, 1.807) is 12.1 Å². The van der Waals surface area contributed by atoms with E-state index in [4.69, 9.17) is 11.5 Å². The number of nitrogen functional groups attached to an aromatic ring is 2. The summed E-state index contributed by atoms with van der Waals surface area (Å²) in [6.45, 7) is 0.488. The van der Waals surface area contributed by atoms with Crippen LogP contribution in [0.4, 0.5) is 11.4 Å². The third-order valence-corrected chi connectivity index (χ3v) is 3.70. The number of rotatable bonds is 8. The zero-order chi connectivity index (χ0) is 17.4. The van der Waals surface area contributed by atoms with E-state index >= 15 is 0 Å². The lowest BCUT2D eigenvalue weighted by molar-refractivity contribution is -0.125. The fourth-order valence-electron chi connectivity index (χ4n) is 2.34. The van der Waals surface area contributed by atoms with Gasteiger partial charge in [-0.3, -0.25) is 9.59 Å². The lowest BCUT2D eigenvalue weighted by Gasteiger charge is -2.16. The fourth-order valence-corrected chi connectivity index (χ4v) is 2.34. The van der Waals surface area contributed by atoms with Crippen LogP contribution in [0, 0.1) is 0 Å². The Hall–Kier alpha value is -3.02. The number of benzene rings is 2. The van der Waals surface area contributed by atoms with Crippen molar-refractivity contribution in [3.8, 4) is 0 Å². The first-order chi connectivity index (χ1) is 11.6. The summed E-state index contributed by atoms with van der Waals surface area (Å²) in [5, 5.41) is 5.41. The van der Waals surface area contributed by atoms with Crippen LogP contribution in [0.1, 0.15) is 11.1 Å². The second kappa shape index (κ2) is 8.57. The largest absolute Gasteiger partial charge is 0.399 e. The molecule has 0 bridgehead atoms. The van der Waals surface area contributed by atoms with Gasteiger partial charge in [-0.1, -0.05) is 24.3 Å². The van der Waals surface area contributed by atoms with Crippen LogP contribution in [0.5, 0.6) is 0 Å². The van der Waals surface area contributed by atoms with Crippen molar-refractivity contribution in [2.75, 3.05) is 18.0 Å². The Kier molecular flexibility index (Phi) is 6.19. The van der Waals surface area contributed by atoms with Crippen LogP contribution in [-0.2, 0) is 22.4 Å². The van der Waals surface area contributed by atoms with Gasteiger partial charge in [-0.2, -0.15) is 0 Å². The zero-order valence-corrected chi connectivity index (χ0v) is 13.4. The second-order valence-electron chi connectivity index (χ2n) is 5.57. The molecule has 0 aromatic heterocycles. The maximum atomic E-state index is 12.3. The molecule has 126 valence electrons. The molecule has 0 aliphatic rings. The number of nitrogens with two attached hydrogens (primary N) is 2. The quantitative estimate of drug-likeness (QED) is 0.426. The van der Waals surface area contributed by atoms with Crippen molar-refractivity contribution < 1.29 is 9.59 Å². The summed E-state index contributed by atoms with van der Waals surface area (Å²) in [7, 11) is 0. The van der Waals surface area contributed by atoms with Crippen molar-refractivity contribution in [1.29, 1.82) is 0 Å². The van der Waals surface area contributed by atoms with E-state index in [2.05, 4.69) is 10.6 Å². The highest BCUT2D eigenvalue weighted by molar-refractivity contribution is 5.83. The van der Waals surface area contributed by atoms with Gasteiger partial charge in [0.25, 0.3) is 0 Å². The van der Waals surface area contributed by atoms with Crippen LogP contribution in [0.2, 0.25) is 0 Å². The highest BCUT2D eigenvalue weighted by Crippen LogP contribution is 2.08. The van der Waals surface area contributed by atoms with Gasteiger partial charge < -0.3 is 22.1 Å². The Balaban J connectivity index is 1.87. The number of carbonyl (C=O) groups is 2. The maximum absolute atomic E-state index is 12.3. The van der Waals surface area contributed by atoms with E-state index in [9.17, 15) is 9.59 Å². The van der Waals surface area contributed by atoms with Crippen LogP contribution in [-0.4, -0.2) is 24.9 Å². The Morgan fingerprint density at radius 1 is 0.958 bits per heavy atom. The number of carbonyl (C=O) groups excluding carboxylic acids is 2. The number of hydrogen-bond acceptors (Lipinski definition) is 4. The van der Waals surface area contributed by atoms with Crippen molar-refractivity contribution in [2.24, 2.45) is 0 Å². The molecule has 0 fully saturated rings. The summed E-state index contributed by atoms with van der Waals surface area (Å²) >= 11 is 0. The third-order valence-electron chi connectivity index (χ3n) is 3.70. The molecule has 0 saturated heterocycles. The summed E-state index contributed by atoms with van der Waals surface area (Å²) in [6.07, 6.45) is 1.65. The van der Waals surface area contributed by atoms with Gasteiger partial charge >= 0.3 is 0 Å². The molecule has 6 nitrogen and oxygen atoms in total. The number of anilines is 2. The minimum atomic E-state index is -0.613. The van der Waals surface area contributed by atoms with Crippen molar-refractivity contribution in [3.63, 3.8) is 0 Å². The molecule has 2 aromatic carbocycles. The van der Waals surface area contributed by atoms with Gasteiger partial charge in [-0.15, -0.1) is 0 Å². The zero-order valence-electron chi connectivity index (χ0n) is 13.4. The Labute approximate surface area is 141 Å². The molecule has 0 saturated carbocycles. The molecule has 0 spiro atoms. The molecule has 6 N–H and O–H groups in total. The first-order valence-corrected chi connectivity index (χ1v) is 7.74. The number of amides is 2. The van der Waals surface area contributed by atoms with Gasteiger partial charge in [0.15, 0.2) is 0 Å². The van der Waals surface area contributed by atoms with E-state index in [-0.39, 0.29) is 5.91 Å². The predicted molar refractivity (Wildman–Crippen MR) is 95.1 cm³/mol. The molecule has 1 atom stereocenters. The van der Waals surface area contributed by atoms with Crippen LogP contribution in [0.25, 0.3) is 0 Å². The first kappa shape index (κ1) is 17.3. The van der Waals surface area contributed by atoms with Crippen LogP contribution in [0.3, 0.4) is 0 Å². The molecular formula is C18H22N4O2. The van der Waals surface area contributed by atoms with Crippen molar-refractivity contribution in [3.05, 3.63) is 59.7 Å². The van der Waals surface area contributed by atoms with Gasteiger partial charge in [0, 0.05) is 24.3 Å². The normalized spacial score (nSPS) is 11.5. The van der Waals surface area contributed by atoms with Crippen LogP contribution in [0.15, 0.2) is 48.5 Å². The van der Waals surface area contributed by atoms with Gasteiger partial charge in [-0.25, -0.2) is 0 Å². The average Bonchev–Trinajstić information content (AvgIpc) is 2.58. The first-order valence-electron chi connectivity index (χ1n) is 7.74. The Morgan fingerprint density at radius 2 is 1.50 bits per heavy atom. The van der Waals surface area contributed by atoms with Crippen molar-refractivity contribution in [2.45, 2.75) is 18.9 Å². The molecule has 1 unspecified atom stereocenters. The minimum absolute atomic E-state index is 0.214. The lowest BCUT2D eigenvalue weighted by atomic mass is 10.0. The fraction of sp³-hybridized carbons (Fsp3) is 0.222. The van der Waals surface area contributed by atoms with Crippen LogP contribution < -0.4 is 22.1 Å². The predicted octanol–water partition coefficient (Wildman–Crippen LogP) is 0.867. The van der Waals surface area contributed by atoms with Gasteiger partial charge in [0.2, 0.25) is 12.3 Å². The van der Waals surface area contributed by atoms with E-state index in [0.717, 1.165) is 11.1 Å². The minimum Gasteiger partial charge on any atom is -0.399 e. The Bertz CT molecular complexity index is 668. The Morgan fingerprint density at radius 3 is 2.04 bits per heavy atom. The second-order valence-corrected chi connectivity index (χ2v) is 5.57. The SMILES string of the molecule is Nc1ccc(CCNC(=O)C(Cc2ccc(N)cc2)NC=O)cc1. The van der Waals surface area contributed by atoms with Crippen molar-refractivity contribution in [1.82, 2.24) is 10.6 Å². The monoisotopic (exact) mass is 326 g/mol. The molecule has 0 radical (unpaired) electrons. The highest BCUT2D eigenvalue weighted by Gasteiger charge is 2.17. The van der Waals surface area contributed by atoms with Crippen LogP contribution >= 0.6 is 0 Å². The third kappa shape index (κ3) is 5.31. The smallest absolute Gasteiger partial charge is 0.242 e. The number of nitrogens with one attached hydrogen (secondary N) is 2. The maximum Gasteiger partial charge on any atom is 0.242 e. The summed E-state index contributed by atoms with van der Waals surface area (Å²) in [6, 6.07) is 14.1. The summed E-state index contributed by atoms with van der Waals surface area (Å²) < 4.78 is 0. The highest BCUT2D eigenvalue weighted by atomic mass is 16.2. The molecule has 0 aliphatic carbocycles. The van der Waals surface area contributed by atoms with Gasteiger partial charge in [-0.05, 0) is 41.8 Å². The van der Waals surface area contributed by atoms with E-state index in [1.165, 1.54) is 0 Å². The molecular weight excluding hydrogens is 304 g/mol. The van der Waals surface area contributed by atoms with E-state index in [1.807, 2.05) is 36.4 Å². The summed E-state index contributed by atoms with van der Waals surface area (Å²) in [5.74, 6) is -0.214. The number of hydrogen-bond donors (Lipinski definition) is 4. The summed E-state index contributed by atoms with van der Waals surface area (Å²) in [4.78, 5) is 23.0. The standard InChI is InChI=1S/C18H22N4O2/c19-15-5-1-13(2-6-15)9-10-21-18(24)17(22-12-23)11-14-3-7-16(20)8-4-14/h1-8,12,17H,9-11,19-20H2,(H,21,24)(H,22,23). The topological polar surface area (TPSA) is 110 Å². The average molecular weight is 326 g/mol. The van der Waals surface area contributed by atoms with Crippen molar-refractivity contribution >= 4 is 23.7 Å². The van der Waals surface area contributed by atoms with E-state index in [0.29, 0.717) is 37.2 Å². The lowest BCUT2D eigenvalue weighted by Crippen LogP contribution is -2.45. The molecule has 2 amide bonds. The molecule has 0 aliphatic heterocycles. The molecule has 2 aromatic rings. The molecule has 2 rings (SSSR count). The van der Waals surface area contributed by atoms with E-state index < -0.39 is 6.04 Å². The molecule has 24 heavy (non-hydrogen) atoms. The summed E-state index contributed by atoms with van der Waals surface area (Å²) in [5.41, 5.74) is 14.7.